The van der Waals surface area contributed by atoms with Gasteiger partial charge in [-0.3, -0.25) is 35.0 Å². The van der Waals surface area contributed by atoms with E-state index >= 15 is 0 Å². The molecule has 4 aromatic heterocycles. The van der Waals surface area contributed by atoms with E-state index in [-0.39, 0.29) is 35.2 Å². The van der Waals surface area contributed by atoms with E-state index in [1.807, 2.05) is 0 Å². The number of benzene rings is 2. The maximum atomic E-state index is 13.3. The number of carbonyl (C=O) groups excluding carboxylic acids is 1. The Hall–Kier alpha value is -8.15. The van der Waals surface area contributed by atoms with Gasteiger partial charge in [0, 0.05) is 12.4 Å². The Labute approximate surface area is 294 Å². The summed E-state index contributed by atoms with van der Waals surface area (Å²) in [6.45, 7) is -0.269. The third-order valence-electron chi connectivity index (χ3n) is 6.60. The van der Waals surface area contributed by atoms with E-state index < -0.39 is 50.4 Å². The van der Waals surface area contributed by atoms with Gasteiger partial charge in [-0.2, -0.15) is 15.5 Å². The van der Waals surface area contributed by atoms with Crippen LogP contribution in [0.2, 0.25) is 0 Å². The number of hydrogen-bond acceptors (Lipinski definition) is 13. The van der Waals surface area contributed by atoms with Crippen molar-refractivity contribution in [1.82, 2.24) is 34.8 Å². The van der Waals surface area contributed by atoms with Crippen molar-refractivity contribution < 1.29 is 42.8 Å². The van der Waals surface area contributed by atoms with Crippen LogP contribution in [0.3, 0.4) is 0 Å². The number of carboxylic acid groups (broad SMARTS) is 1. The van der Waals surface area contributed by atoms with Crippen LogP contribution in [0.5, 0.6) is 23.0 Å². The maximum absolute atomic E-state index is 13.3. The van der Waals surface area contributed by atoms with Crippen LogP contribution in [0.4, 0.5) is 20.2 Å². The number of aromatic nitrogens is 6. The van der Waals surface area contributed by atoms with Crippen molar-refractivity contribution in [1.29, 1.82) is 5.26 Å². The van der Waals surface area contributed by atoms with Gasteiger partial charge in [-0.1, -0.05) is 0 Å². The van der Waals surface area contributed by atoms with Crippen LogP contribution in [0.1, 0.15) is 21.0 Å². The predicted molar refractivity (Wildman–Crippen MR) is 174 cm³/mol. The summed E-state index contributed by atoms with van der Waals surface area (Å²) in [4.78, 5) is 52.1. The number of halogens is 2. The summed E-state index contributed by atoms with van der Waals surface area (Å²) in [5.41, 5.74) is -0.947. The van der Waals surface area contributed by atoms with Crippen molar-refractivity contribution in [2.24, 2.45) is 0 Å². The molecule has 21 heteroatoms. The van der Waals surface area contributed by atoms with Crippen LogP contribution in [0.25, 0.3) is 11.4 Å². The Balaban J connectivity index is 0.000000206. The molecule has 0 unspecified atom stereocenters. The molecule has 0 saturated heterocycles. The molecule has 19 nitrogen and oxygen atoms in total. The van der Waals surface area contributed by atoms with Gasteiger partial charge in [0.05, 0.1) is 64.2 Å². The fraction of sp³-hybridized carbons (Fsp3) is 0.0312. The molecule has 2 aromatic carbocycles. The lowest BCUT2D eigenvalue weighted by atomic mass is 10.3. The zero-order valence-electron chi connectivity index (χ0n) is 26.4. The number of aromatic carboxylic acids is 1. The van der Waals surface area contributed by atoms with E-state index in [0.29, 0.717) is 23.5 Å². The molecule has 0 aliphatic rings. The molecular formula is C32H20F2N10O9. The monoisotopic (exact) mass is 726 g/mol. The summed E-state index contributed by atoms with van der Waals surface area (Å²) < 4.78 is 39.9. The first kappa shape index (κ1) is 36.1. The highest BCUT2D eigenvalue weighted by Crippen LogP contribution is 2.35. The number of nitrogens with one attached hydrogen (secondary N) is 1. The molecular weight excluding hydrogens is 706 g/mol. The Kier molecular flexibility index (Phi) is 10.9. The fourth-order valence-electron chi connectivity index (χ4n) is 4.29. The first-order chi connectivity index (χ1) is 25.4. The summed E-state index contributed by atoms with van der Waals surface area (Å²) in [5.74, 6) is -4.65. The average Bonchev–Trinajstić information content (AvgIpc) is 3.78. The van der Waals surface area contributed by atoms with E-state index in [4.69, 9.17) is 14.7 Å². The van der Waals surface area contributed by atoms with Crippen molar-refractivity contribution >= 4 is 23.3 Å². The van der Waals surface area contributed by atoms with E-state index in [2.05, 4.69) is 25.5 Å². The summed E-state index contributed by atoms with van der Waals surface area (Å²) in [5, 5.41) is 50.4. The van der Waals surface area contributed by atoms with Crippen molar-refractivity contribution in [2.45, 2.75) is 0 Å². The number of ether oxygens (including phenoxy) is 2. The number of pyridine rings is 2. The van der Waals surface area contributed by atoms with Crippen LogP contribution < -0.4 is 14.8 Å². The highest BCUT2D eigenvalue weighted by molar-refractivity contribution is 5.95. The fourth-order valence-corrected chi connectivity index (χ4v) is 4.29. The molecule has 0 bridgehead atoms. The van der Waals surface area contributed by atoms with Crippen LogP contribution in [-0.4, -0.2) is 62.9 Å². The third-order valence-corrected chi connectivity index (χ3v) is 6.60. The van der Waals surface area contributed by atoms with Crippen molar-refractivity contribution in [3.05, 3.63) is 141 Å². The molecule has 0 atom stereocenters. The Morgan fingerprint density at radius 2 is 1.26 bits per heavy atom. The molecule has 266 valence electrons. The van der Waals surface area contributed by atoms with Crippen molar-refractivity contribution in [3.8, 4) is 40.4 Å². The molecule has 4 heterocycles. The quantitative estimate of drug-likeness (QED) is 0.0993. The number of nitrogens with zero attached hydrogens (tertiary/aromatic N) is 9. The highest BCUT2D eigenvalue weighted by Gasteiger charge is 2.25. The van der Waals surface area contributed by atoms with Gasteiger partial charge < -0.3 is 19.9 Å². The lowest BCUT2D eigenvalue weighted by Crippen LogP contribution is -2.24. The molecule has 0 fully saturated rings. The molecule has 0 radical (unpaired) electrons. The number of rotatable bonds is 11. The van der Waals surface area contributed by atoms with E-state index in [9.17, 15) is 43.7 Å². The van der Waals surface area contributed by atoms with Crippen LogP contribution in [0, 0.1) is 43.2 Å². The number of hydrogen-bond donors (Lipinski definition) is 2. The summed E-state index contributed by atoms with van der Waals surface area (Å²) in [7, 11) is 0. The first-order valence-electron chi connectivity index (χ1n) is 14.6. The molecule has 0 saturated carbocycles. The molecule has 0 aliphatic carbocycles. The summed E-state index contributed by atoms with van der Waals surface area (Å²) in [6.07, 6.45) is 8.58. The van der Waals surface area contributed by atoms with E-state index in [0.717, 1.165) is 24.3 Å². The molecule has 0 aliphatic heterocycles. The van der Waals surface area contributed by atoms with Crippen LogP contribution in [-0.2, 0) is 0 Å². The van der Waals surface area contributed by atoms with E-state index in [1.165, 1.54) is 40.3 Å². The lowest BCUT2D eigenvalue weighted by molar-refractivity contribution is -0.385. The van der Waals surface area contributed by atoms with Gasteiger partial charge in [0.25, 0.3) is 5.91 Å². The molecule has 1 amide bonds. The van der Waals surface area contributed by atoms with Gasteiger partial charge in [0.1, 0.15) is 18.2 Å². The molecule has 6 rings (SSSR count). The molecule has 0 spiro atoms. The zero-order chi connectivity index (χ0) is 38.1. The Bertz CT molecular complexity index is 2370. The second-order valence-electron chi connectivity index (χ2n) is 10.1. The zero-order valence-corrected chi connectivity index (χ0v) is 26.4. The minimum Gasteiger partial charge on any atom is -0.476 e. The topological polar surface area (TPSA) is 256 Å². The predicted octanol–water partition coefficient (Wildman–Crippen LogP) is 5.17. The maximum Gasteiger partial charge on any atom is 0.360 e. The van der Waals surface area contributed by atoms with Gasteiger partial charge in [-0.15, -0.1) is 0 Å². The van der Waals surface area contributed by atoms with Crippen molar-refractivity contribution in [2.75, 3.05) is 6.54 Å². The Morgan fingerprint density at radius 3 is 1.68 bits per heavy atom. The number of nitriles is 1. The minimum absolute atomic E-state index is 0.117. The lowest BCUT2D eigenvalue weighted by Gasteiger charge is -2.06. The van der Waals surface area contributed by atoms with Gasteiger partial charge in [0.2, 0.25) is 17.2 Å². The smallest absolute Gasteiger partial charge is 0.360 e. The molecule has 6 aromatic rings. The summed E-state index contributed by atoms with van der Waals surface area (Å²) in [6, 6.07) is 13.8. The highest BCUT2D eigenvalue weighted by atomic mass is 19.1. The van der Waals surface area contributed by atoms with Gasteiger partial charge in [0.15, 0.2) is 17.2 Å². The third kappa shape index (κ3) is 8.72. The molecule has 2 N–H and O–H groups in total. The van der Waals surface area contributed by atoms with Gasteiger partial charge >= 0.3 is 17.3 Å². The SMILES string of the molecule is N#CCNC(=O)c1nn(-c2cccnc2)cc1Oc1ccc(F)cc1[N+](=O)[O-].O=C(O)c1nn(-c2cccnc2)cc1Oc1ccc(F)cc1[N+](=O)[O-]. The van der Waals surface area contributed by atoms with Crippen LogP contribution in [0.15, 0.2) is 97.8 Å². The van der Waals surface area contributed by atoms with E-state index in [1.54, 1.807) is 36.5 Å². The minimum atomic E-state index is -1.39. The molecule has 53 heavy (non-hydrogen) atoms. The standard InChI is InChI=1S/C17H11FN6O4.C15H9FN4O5/c18-11-3-4-14(13(8-11)24(26)27)28-15-10-23(12-2-1-6-20-9-12)22-16(15)17(25)21-7-5-19;16-9-3-4-12(11(6-9)20(23)24)25-13-8-19(18-14(13)15(21)22)10-2-1-5-17-7-10/h1-4,6,8-10H,7H2,(H,21,25);1-8H,(H,21,22). The van der Waals surface area contributed by atoms with Gasteiger partial charge in [-0.25, -0.2) is 22.9 Å². The second-order valence-corrected chi connectivity index (χ2v) is 10.1. The van der Waals surface area contributed by atoms with Crippen molar-refractivity contribution in [3.63, 3.8) is 0 Å². The normalized spacial score (nSPS) is 10.3. The first-order valence-corrected chi connectivity index (χ1v) is 14.6. The van der Waals surface area contributed by atoms with Gasteiger partial charge in [-0.05, 0) is 48.5 Å². The second kappa shape index (κ2) is 16.0. The largest absolute Gasteiger partial charge is 0.476 e. The number of carboxylic acids is 1. The number of nitro benzene ring substituents is 2. The number of carbonyl (C=O) groups is 2. The summed E-state index contributed by atoms with van der Waals surface area (Å²) >= 11 is 0. The Morgan fingerprint density at radius 1 is 0.792 bits per heavy atom. The average molecular weight is 727 g/mol. The number of amides is 1. The number of nitro groups is 2. The van der Waals surface area contributed by atoms with Crippen LogP contribution >= 0.6 is 0 Å².